The van der Waals surface area contributed by atoms with Crippen LogP contribution in [0, 0.1) is 6.92 Å². The average Bonchev–Trinajstić information content (AvgIpc) is 2.28. The lowest BCUT2D eigenvalue weighted by Gasteiger charge is -2.41. The summed E-state index contributed by atoms with van der Waals surface area (Å²) in [6.07, 6.45) is 4.61. The molecule has 1 aromatic rings. The lowest BCUT2D eigenvalue weighted by atomic mass is 9.77. The van der Waals surface area contributed by atoms with Gasteiger partial charge < -0.3 is 15.2 Å². The van der Waals surface area contributed by atoms with E-state index in [0.29, 0.717) is 12.5 Å². The van der Waals surface area contributed by atoms with E-state index in [-0.39, 0.29) is 12.1 Å². The first-order chi connectivity index (χ1) is 8.21. The van der Waals surface area contributed by atoms with Crippen molar-refractivity contribution in [1.29, 1.82) is 0 Å². The molecule has 0 aromatic carbocycles. The Morgan fingerprint density at radius 1 is 1.47 bits per heavy atom. The van der Waals surface area contributed by atoms with Gasteiger partial charge in [0, 0.05) is 0 Å². The van der Waals surface area contributed by atoms with Crippen LogP contribution in [0.3, 0.4) is 0 Å². The van der Waals surface area contributed by atoms with E-state index in [1.807, 2.05) is 13.8 Å². The maximum absolute atomic E-state index is 9.42. The second-order valence-corrected chi connectivity index (χ2v) is 4.50. The third-order valence-corrected chi connectivity index (χ3v) is 3.32. The van der Waals surface area contributed by atoms with Crippen molar-refractivity contribution in [3.63, 3.8) is 0 Å². The van der Waals surface area contributed by atoms with Gasteiger partial charge in [0.15, 0.2) is 0 Å². The van der Waals surface area contributed by atoms with Crippen LogP contribution in [0.25, 0.3) is 0 Å². The van der Waals surface area contributed by atoms with Crippen LogP contribution < -0.4 is 10.1 Å². The molecule has 1 saturated carbocycles. The first-order valence-electron chi connectivity index (χ1n) is 6.04. The number of nitrogens with one attached hydrogen (secondary N) is 1. The summed E-state index contributed by atoms with van der Waals surface area (Å²) in [5.41, 5.74) is 0.705. The Bertz CT molecular complexity index is 386. The highest BCUT2D eigenvalue weighted by molar-refractivity contribution is 5.50. The molecule has 1 heterocycles. The molecule has 5 nitrogen and oxygen atoms in total. The minimum Gasteiger partial charge on any atom is -0.478 e. The molecule has 17 heavy (non-hydrogen) atoms. The lowest BCUT2D eigenvalue weighted by molar-refractivity contribution is 0.143. The number of hydrogen-bond donors (Lipinski definition) is 2. The normalized spacial score (nSPS) is 17.4. The van der Waals surface area contributed by atoms with Crippen molar-refractivity contribution in [3.8, 4) is 5.88 Å². The van der Waals surface area contributed by atoms with Crippen LogP contribution in [0.2, 0.25) is 0 Å². The summed E-state index contributed by atoms with van der Waals surface area (Å²) in [5.74, 6) is 1.37. The predicted molar refractivity (Wildman–Crippen MR) is 65.2 cm³/mol. The summed E-state index contributed by atoms with van der Waals surface area (Å²) in [4.78, 5) is 8.32. The minimum atomic E-state index is -0.192. The number of aromatic nitrogens is 2. The Labute approximate surface area is 101 Å². The fourth-order valence-electron chi connectivity index (χ4n) is 2.02. The van der Waals surface area contributed by atoms with E-state index in [9.17, 15) is 5.11 Å². The molecule has 0 saturated heterocycles. The van der Waals surface area contributed by atoms with Crippen LogP contribution in [0.4, 0.5) is 5.82 Å². The summed E-state index contributed by atoms with van der Waals surface area (Å²) in [5, 5.41) is 12.8. The number of anilines is 1. The van der Waals surface area contributed by atoms with Gasteiger partial charge in [-0.1, -0.05) is 0 Å². The molecule has 0 aliphatic heterocycles. The number of ether oxygens (including phenoxy) is 1. The van der Waals surface area contributed by atoms with Crippen LogP contribution in [0.5, 0.6) is 5.88 Å². The molecule has 0 unspecified atom stereocenters. The quantitative estimate of drug-likeness (QED) is 0.812. The van der Waals surface area contributed by atoms with E-state index in [1.54, 1.807) is 0 Å². The molecule has 0 atom stereocenters. The highest BCUT2D eigenvalue weighted by Crippen LogP contribution is 2.35. The Morgan fingerprint density at radius 2 is 2.24 bits per heavy atom. The highest BCUT2D eigenvalue weighted by Gasteiger charge is 2.37. The number of nitrogens with zero attached hydrogens (tertiary/aromatic N) is 2. The van der Waals surface area contributed by atoms with Crippen molar-refractivity contribution in [2.75, 3.05) is 18.5 Å². The Hall–Kier alpha value is -1.36. The maximum Gasteiger partial charge on any atom is 0.221 e. The van der Waals surface area contributed by atoms with Gasteiger partial charge in [0.2, 0.25) is 5.88 Å². The zero-order chi connectivity index (χ0) is 12.3. The maximum atomic E-state index is 9.42. The fraction of sp³-hybridized carbons (Fsp3) is 0.667. The van der Waals surface area contributed by atoms with Gasteiger partial charge >= 0.3 is 0 Å². The second-order valence-electron chi connectivity index (χ2n) is 4.50. The number of rotatable bonds is 5. The zero-order valence-corrected chi connectivity index (χ0v) is 10.4. The summed E-state index contributed by atoms with van der Waals surface area (Å²) >= 11 is 0. The first kappa shape index (κ1) is 12.1. The molecule has 2 N–H and O–H groups in total. The van der Waals surface area contributed by atoms with Gasteiger partial charge in [-0.25, -0.2) is 9.97 Å². The van der Waals surface area contributed by atoms with Crippen molar-refractivity contribution in [3.05, 3.63) is 11.9 Å². The van der Waals surface area contributed by atoms with E-state index < -0.39 is 0 Å². The van der Waals surface area contributed by atoms with Gasteiger partial charge in [-0.3, -0.25) is 0 Å². The molecule has 1 aliphatic carbocycles. The number of hydrogen-bond acceptors (Lipinski definition) is 5. The molecule has 0 spiro atoms. The SMILES string of the molecule is CCOc1ncnc(NC2(CO)CCC2)c1C. The van der Waals surface area contributed by atoms with Crippen LogP contribution >= 0.6 is 0 Å². The highest BCUT2D eigenvalue weighted by atomic mass is 16.5. The molecule has 0 amide bonds. The van der Waals surface area contributed by atoms with E-state index in [2.05, 4.69) is 15.3 Å². The topological polar surface area (TPSA) is 67.3 Å². The summed E-state index contributed by atoms with van der Waals surface area (Å²) in [7, 11) is 0. The largest absolute Gasteiger partial charge is 0.478 e. The van der Waals surface area contributed by atoms with Gasteiger partial charge in [-0.2, -0.15) is 0 Å². The van der Waals surface area contributed by atoms with Crippen LogP contribution in [-0.2, 0) is 0 Å². The Balaban J connectivity index is 2.18. The Kier molecular flexibility index (Phi) is 3.47. The van der Waals surface area contributed by atoms with Gasteiger partial charge in [0.1, 0.15) is 12.1 Å². The van der Waals surface area contributed by atoms with Crippen molar-refractivity contribution >= 4 is 5.82 Å². The van der Waals surface area contributed by atoms with Gasteiger partial charge in [-0.05, 0) is 33.1 Å². The lowest BCUT2D eigenvalue weighted by Crippen LogP contribution is -2.48. The van der Waals surface area contributed by atoms with Crippen LogP contribution in [0.15, 0.2) is 6.33 Å². The summed E-state index contributed by atoms with van der Waals surface area (Å²) in [6.45, 7) is 4.58. The van der Waals surface area contributed by atoms with Crippen molar-refractivity contribution in [2.45, 2.75) is 38.6 Å². The zero-order valence-electron chi connectivity index (χ0n) is 10.4. The molecule has 0 radical (unpaired) electrons. The van der Waals surface area contributed by atoms with Crippen LogP contribution in [-0.4, -0.2) is 33.8 Å². The molecule has 0 bridgehead atoms. The predicted octanol–water partition coefficient (Wildman–Crippen LogP) is 1.51. The smallest absolute Gasteiger partial charge is 0.221 e. The third kappa shape index (κ3) is 2.34. The molecule has 1 aliphatic rings. The average molecular weight is 237 g/mol. The molecular weight excluding hydrogens is 218 g/mol. The minimum absolute atomic E-state index is 0.139. The van der Waals surface area contributed by atoms with Gasteiger partial charge in [-0.15, -0.1) is 0 Å². The van der Waals surface area contributed by atoms with Crippen LogP contribution in [0.1, 0.15) is 31.7 Å². The molecule has 94 valence electrons. The second kappa shape index (κ2) is 4.87. The molecule has 2 rings (SSSR count). The van der Waals surface area contributed by atoms with Crippen molar-refractivity contribution in [2.24, 2.45) is 0 Å². The molecule has 5 heteroatoms. The molecule has 1 fully saturated rings. The van der Waals surface area contributed by atoms with Crippen molar-refractivity contribution in [1.82, 2.24) is 9.97 Å². The number of aliphatic hydroxyl groups excluding tert-OH is 1. The third-order valence-electron chi connectivity index (χ3n) is 3.32. The van der Waals surface area contributed by atoms with Gasteiger partial charge in [0.05, 0.1) is 24.3 Å². The Morgan fingerprint density at radius 3 is 2.76 bits per heavy atom. The first-order valence-corrected chi connectivity index (χ1v) is 6.04. The van der Waals surface area contributed by atoms with Crippen molar-refractivity contribution < 1.29 is 9.84 Å². The number of aliphatic hydroxyl groups is 1. The monoisotopic (exact) mass is 237 g/mol. The summed E-state index contributed by atoms with van der Waals surface area (Å²) < 4.78 is 5.42. The summed E-state index contributed by atoms with van der Waals surface area (Å²) in [6, 6.07) is 0. The van der Waals surface area contributed by atoms with Gasteiger partial charge in [0.25, 0.3) is 0 Å². The fourth-order valence-corrected chi connectivity index (χ4v) is 2.02. The standard InChI is InChI=1S/C12H19N3O2/c1-3-17-11-9(2)10(13-8-14-11)15-12(7-16)5-4-6-12/h8,16H,3-7H2,1-2H3,(H,13,14,15). The van der Waals surface area contributed by atoms with E-state index >= 15 is 0 Å². The van der Waals surface area contributed by atoms with E-state index in [4.69, 9.17) is 4.74 Å². The molecular formula is C12H19N3O2. The van der Waals surface area contributed by atoms with E-state index in [1.165, 1.54) is 6.33 Å². The van der Waals surface area contributed by atoms with E-state index in [0.717, 1.165) is 30.6 Å². The molecule has 1 aromatic heterocycles.